The van der Waals surface area contributed by atoms with Gasteiger partial charge in [0, 0.05) is 18.3 Å². The van der Waals surface area contributed by atoms with E-state index in [1.807, 2.05) is 6.92 Å². The minimum absolute atomic E-state index is 0.223. The summed E-state index contributed by atoms with van der Waals surface area (Å²) in [5.41, 5.74) is 2.38. The predicted molar refractivity (Wildman–Crippen MR) is 81.3 cm³/mol. The zero-order valence-corrected chi connectivity index (χ0v) is 12.4. The molecule has 0 atom stereocenters. The summed E-state index contributed by atoms with van der Waals surface area (Å²) in [6.45, 7) is 1.59. The van der Waals surface area contributed by atoms with Crippen molar-refractivity contribution in [3.63, 3.8) is 0 Å². The van der Waals surface area contributed by atoms with Gasteiger partial charge < -0.3 is 10.4 Å². The van der Waals surface area contributed by atoms with Crippen LogP contribution in [0.5, 0.6) is 0 Å². The average molecular weight is 304 g/mol. The number of rotatable bonds is 2. The van der Waals surface area contributed by atoms with Crippen LogP contribution < -0.4 is 5.32 Å². The van der Waals surface area contributed by atoms with E-state index in [1.165, 1.54) is 6.20 Å². The van der Waals surface area contributed by atoms with E-state index in [0.717, 1.165) is 5.69 Å². The van der Waals surface area contributed by atoms with Crippen LogP contribution in [0.3, 0.4) is 0 Å². The first-order chi connectivity index (χ1) is 10.0. The summed E-state index contributed by atoms with van der Waals surface area (Å²) in [5, 5.41) is 15.9. The lowest BCUT2D eigenvalue weighted by atomic mass is 10.2. The van der Waals surface area contributed by atoms with Crippen LogP contribution >= 0.6 is 11.6 Å². The lowest BCUT2D eigenvalue weighted by molar-refractivity contribution is 0.102. The highest BCUT2D eigenvalue weighted by molar-refractivity contribution is 6.34. The number of hydrogen-bond donors (Lipinski definition) is 2. The van der Waals surface area contributed by atoms with Crippen molar-refractivity contribution in [2.45, 2.75) is 6.92 Å². The molecular weight excluding hydrogens is 290 g/mol. The molecule has 1 aromatic carbocycles. The van der Waals surface area contributed by atoms with Gasteiger partial charge in [-0.05, 0) is 25.1 Å². The Kier molecular flexibility index (Phi) is 4.63. The maximum Gasteiger partial charge on any atom is 0.259 e. The fourth-order valence-corrected chi connectivity index (χ4v) is 1.92. The number of carbonyl (C=O) groups excluding carboxylic acids is 1. The van der Waals surface area contributed by atoms with E-state index in [4.69, 9.17) is 16.7 Å². The van der Waals surface area contributed by atoms with E-state index in [2.05, 4.69) is 22.3 Å². The second kappa shape index (κ2) is 6.44. The highest BCUT2D eigenvalue weighted by Gasteiger charge is 2.14. The van der Waals surface area contributed by atoms with Gasteiger partial charge in [0.25, 0.3) is 5.91 Å². The summed E-state index contributed by atoms with van der Waals surface area (Å²) < 4.78 is 1.62. The van der Waals surface area contributed by atoms with Crippen LogP contribution in [0.25, 0.3) is 0 Å². The molecule has 2 N–H and O–H groups in total. The molecule has 0 saturated carbocycles. The first-order valence-corrected chi connectivity index (χ1v) is 6.60. The Labute approximate surface area is 127 Å². The summed E-state index contributed by atoms with van der Waals surface area (Å²) in [7, 11) is 1.77. The van der Waals surface area contributed by atoms with Crippen molar-refractivity contribution < 1.29 is 9.90 Å². The quantitative estimate of drug-likeness (QED) is 0.834. The molecule has 0 unspecified atom stereocenters. The summed E-state index contributed by atoms with van der Waals surface area (Å²) in [6.07, 6.45) is 1.51. The number of hydrogen-bond acceptors (Lipinski definition) is 3. The number of anilines is 1. The maximum absolute atomic E-state index is 12.2. The Morgan fingerprint density at radius 2 is 2.29 bits per heavy atom. The van der Waals surface area contributed by atoms with Crippen molar-refractivity contribution >= 4 is 23.2 Å². The molecule has 1 amide bonds. The zero-order chi connectivity index (χ0) is 15.4. The van der Waals surface area contributed by atoms with Crippen molar-refractivity contribution in [2.75, 3.05) is 11.9 Å². The van der Waals surface area contributed by atoms with Crippen molar-refractivity contribution in [1.82, 2.24) is 9.78 Å². The van der Waals surface area contributed by atoms with Gasteiger partial charge in [-0.1, -0.05) is 23.4 Å². The monoisotopic (exact) mass is 303 g/mol. The maximum atomic E-state index is 12.2. The van der Waals surface area contributed by atoms with Gasteiger partial charge in [-0.25, -0.2) is 0 Å². The van der Waals surface area contributed by atoms with Crippen LogP contribution in [0.15, 0.2) is 24.4 Å². The molecule has 0 fully saturated rings. The fraction of sp³-hybridized carbons (Fsp3) is 0.200. The number of aryl methyl sites for hydroxylation is 1. The number of halogens is 1. The number of aliphatic hydroxyl groups excluding tert-OH is 1. The molecule has 0 aliphatic heterocycles. The Bertz CT molecular complexity index is 741. The molecule has 108 valence electrons. The van der Waals surface area contributed by atoms with Crippen LogP contribution in [0, 0.1) is 18.8 Å². The number of aromatic nitrogens is 2. The van der Waals surface area contributed by atoms with E-state index in [0.29, 0.717) is 21.8 Å². The molecule has 5 nitrogen and oxygen atoms in total. The number of nitrogens with zero attached hydrogens (tertiary/aromatic N) is 2. The van der Waals surface area contributed by atoms with E-state index in [9.17, 15) is 4.79 Å². The number of nitrogens with one attached hydrogen (secondary N) is 1. The minimum Gasteiger partial charge on any atom is -0.384 e. The van der Waals surface area contributed by atoms with E-state index in [1.54, 1.807) is 29.9 Å². The smallest absolute Gasteiger partial charge is 0.259 e. The predicted octanol–water partition coefficient (Wildman–Crippen LogP) is 1.98. The van der Waals surface area contributed by atoms with Gasteiger partial charge in [0.15, 0.2) is 0 Å². The van der Waals surface area contributed by atoms with Gasteiger partial charge in [-0.3, -0.25) is 9.48 Å². The van der Waals surface area contributed by atoms with Crippen LogP contribution in [-0.4, -0.2) is 27.4 Å². The van der Waals surface area contributed by atoms with Crippen LogP contribution in [0.2, 0.25) is 5.02 Å². The third-order valence-corrected chi connectivity index (χ3v) is 3.34. The van der Waals surface area contributed by atoms with Gasteiger partial charge >= 0.3 is 0 Å². The van der Waals surface area contributed by atoms with Crippen molar-refractivity contribution in [3.05, 3.63) is 46.2 Å². The first-order valence-electron chi connectivity index (χ1n) is 6.22. The lowest BCUT2D eigenvalue weighted by Crippen LogP contribution is -2.13. The Morgan fingerprint density at radius 3 is 2.90 bits per heavy atom. The van der Waals surface area contributed by atoms with Crippen molar-refractivity contribution in [3.8, 4) is 11.8 Å². The number of amides is 1. The third kappa shape index (κ3) is 3.43. The van der Waals surface area contributed by atoms with Gasteiger partial charge in [-0.15, -0.1) is 0 Å². The van der Waals surface area contributed by atoms with Gasteiger partial charge in [0.05, 0.1) is 22.5 Å². The first kappa shape index (κ1) is 15.1. The largest absolute Gasteiger partial charge is 0.384 e. The van der Waals surface area contributed by atoms with E-state index >= 15 is 0 Å². The molecule has 2 rings (SSSR count). The van der Waals surface area contributed by atoms with Crippen LogP contribution in [0.4, 0.5) is 5.69 Å². The molecule has 0 aliphatic rings. The second-order valence-electron chi connectivity index (χ2n) is 4.38. The molecule has 0 aliphatic carbocycles. The molecule has 0 spiro atoms. The van der Waals surface area contributed by atoms with E-state index in [-0.39, 0.29) is 12.5 Å². The second-order valence-corrected chi connectivity index (χ2v) is 4.78. The molecule has 21 heavy (non-hydrogen) atoms. The highest BCUT2D eigenvalue weighted by atomic mass is 35.5. The summed E-state index contributed by atoms with van der Waals surface area (Å²) >= 11 is 6.07. The topological polar surface area (TPSA) is 67.2 Å². The van der Waals surface area contributed by atoms with Crippen molar-refractivity contribution in [2.24, 2.45) is 7.05 Å². The Morgan fingerprint density at radius 1 is 1.52 bits per heavy atom. The summed E-state index contributed by atoms with van der Waals surface area (Å²) in [5.74, 6) is 5.03. The molecular formula is C15H14ClN3O2. The molecule has 6 heteroatoms. The van der Waals surface area contributed by atoms with Crippen LogP contribution in [-0.2, 0) is 7.05 Å². The highest BCUT2D eigenvalue weighted by Crippen LogP contribution is 2.23. The summed E-state index contributed by atoms with van der Waals surface area (Å²) in [6, 6.07) is 5.03. The molecule has 1 heterocycles. The Hall–Kier alpha value is -2.29. The number of aliphatic hydroxyl groups is 1. The molecule has 1 aromatic heterocycles. The molecule has 0 saturated heterocycles. The van der Waals surface area contributed by atoms with Crippen LogP contribution in [0.1, 0.15) is 21.6 Å². The molecule has 0 radical (unpaired) electrons. The summed E-state index contributed by atoms with van der Waals surface area (Å²) in [4.78, 5) is 12.2. The number of carbonyl (C=O) groups is 1. The van der Waals surface area contributed by atoms with Crippen molar-refractivity contribution in [1.29, 1.82) is 0 Å². The lowest BCUT2D eigenvalue weighted by Gasteiger charge is -2.07. The van der Waals surface area contributed by atoms with Gasteiger partial charge in [-0.2, -0.15) is 5.10 Å². The van der Waals surface area contributed by atoms with Gasteiger partial charge in [0.2, 0.25) is 0 Å². The normalized spacial score (nSPS) is 9.90. The third-order valence-electron chi connectivity index (χ3n) is 3.01. The Balaban J connectivity index is 2.26. The van der Waals surface area contributed by atoms with Gasteiger partial charge in [0.1, 0.15) is 6.61 Å². The minimum atomic E-state index is -0.283. The van der Waals surface area contributed by atoms with E-state index < -0.39 is 0 Å². The molecule has 0 bridgehead atoms. The standard InChI is InChI=1S/C15H14ClN3O2/c1-10-12(9-17-19(10)2)15(21)18-14-8-11(4-3-7-20)5-6-13(14)16/h5-6,8-9,20H,7H2,1-2H3,(H,18,21). The average Bonchev–Trinajstić information content (AvgIpc) is 2.80. The fourth-order valence-electron chi connectivity index (χ4n) is 1.75. The zero-order valence-electron chi connectivity index (χ0n) is 11.6. The number of benzene rings is 1. The molecule has 2 aromatic rings. The SMILES string of the molecule is Cc1c(C(=O)Nc2cc(C#CCO)ccc2Cl)cnn1C.